The topological polar surface area (TPSA) is 66.9 Å². The maximum absolute atomic E-state index is 12.4. The van der Waals surface area contributed by atoms with Gasteiger partial charge in [0.1, 0.15) is 17.0 Å². The van der Waals surface area contributed by atoms with E-state index in [0.717, 1.165) is 27.1 Å². The first kappa shape index (κ1) is 17.9. The minimum atomic E-state index is 0.0269. The molecule has 5 nitrogen and oxygen atoms in total. The predicted octanol–water partition coefficient (Wildman–Crippen LogP) is 4.47. The number of nitrogens with one attached hydrogen (secondary N) is 2. The molecule has 0 aliphatic heterocycles. The molecule has 3 aromatic rings. The van der Waals surface area contributed by atoms with Crippen LogP contribution in [-0.4, -0.2) is 28.5 Å². The van der Waals surface area contributed by atoms with Crippen molar-refractivity contribution in [2.24, 2.45) is 5.92 Å². The van der Waals surface area contributed by atoms with Crippen molar-refractivity contribution in [3.8, 4) is 10.4 Å². The van der Waals surface area contributed by atoms with Gasteiger partial charge in [0.2, 0.25) is 5.91 Å². The van der Waals surface area contributed by atoms with Gasteiger partial charge < -0.3 is 10.6 Å². The largest absolute Gasteiger partial charge is 0.360 e. The summed E-state index contributed by atoms with van der Waals surface area (Å²) in [5, 5.41) is 7.33. The van der Waals surface area contributed by atoms with E-state index < -0.39 is 0 Å². The van der Waals surface area contributed by atoms with Gasteiger partial charge in [-0.25, -0.2) is 9.97 Å². The number of aromatic nitrogens is 2. The summed E-state index contributed by atoms with van der Waals surface area (Å²) in [5.41, 5.74) is 1.16. The molecule has 1 aliphatic rings. The number of amides is 1. The molecule has 140 valence electrons. The highest BCUT2D eigenvalue weighted by Gasteiger charge is 2.22. The Labute approximate surface area is 163 Å². The van der Waals surface area contributed by atoms with Gasteiger partial charge in [-0.15, -0.1) is 11.3 Å². The van der Waals surface area contributed by atoms with Crippen LogP contribution >= 0.6 is 11.3 Å². The lowest BCUT2D eigenvalue weighted by molar-refractivity contribution is -0.120. The summed E-state index contributed by atoms with van der Waals surface area (Å²) in [6, 6.07) is 12.6. The Morgan fingerprint density at radius 1 is 1.19 bits per heavy atom. The van der Waals surface area contributed by atoms with Crippen LogP contribution in [0, 0.1) is 5.92 Å². The highest BCUT2D eigenvalue weighted by atomic mass is 32.1. The Morgan fingerprint density at radius 2 is 2.00 bits per heavy atom. The number of carbonyl (C=O) groups excluding carboxylic acids is 1. The molecule has 2 heterocycles. The average molecular weight is 381 g/mol. The molecule has 0 bridgehead atoms. The van der Waals surface area contributed by atoms with Crippen molar-refractivity contribution in [3.63, 3.8) is 0 Å². The Kier molecular flexibility index (Phi) is 5.34. The minimum absolute atomic E-state index is 0.0269. The molecule has 2 atom stereocenters. The maximum atomic E-state index is 12.4. The Bertz CT molecular complexity index is 924. The van der Waals surface area contributed by atoms with Crippen molar-refractivity contribution in [2.75, 3.05) is 11.9 Å². The first-order valence-corrected chi connectivity index (χ1v) is 10.4. The number of fused-ring (bicyclic) bond motifs is 1. The van der Waals surface area contributed by atoms with E-state index in [1.165, 1.54) is 19.3 Å². The van der Waals surface area contributed by atoms with E-state index in [2.05, 4.69) is 45.7 Å². The van der Waals surface area contributed by atoms with Crippen molar-refractivity contribution in [1.82, 2.24) is 15.3 Å². The van der Waals surface area contributed by atoms with Crippen molar-refractivity contribution >= 4 is 33.3 Å². The normalized spacial score (nSPS) is 19.7. The zero-order valence-electron chi connectivity index (χ0n) is 15.4. The van der Waals surface area contributed by atoms with Crippen molar-refractivity contribution in [3.05, 3.63) is 42.7 Å². The number of rotatable bonds is 5. The molecule has 4 rings (SSSR count). The number of hydrogen-bond donors (Lipinski definition) is 2. The molecule has 1 fully saturated rings. The highest BCUT2D eigenvalue weighted by Crippen LogP contribution is 2.34. The summed E-state index contributed by atoms with van der Waals surface area (Å²) in [4.78, 5) is 23.2. The smallest absolute Gasteiger partial charge is 0.239 e. The van der Waals surface area contributed by atoms with E-state index >= 15 is 0 Å². The molecule has 6 heteroatoms. The van der Waals surface area contributed by atoms with Crippen LogP contribution in [0.5, 0.6) is 0 Å². The number of anilines is 1. The number of benzene rings is 1. The zero-order chi connectivity index (χ0) is 18.6. The molecule has 2 unspecified atom stereocenters. The summed E-state index contributed by atoms with van der Waals surface area (Å²) in [6.45, 7) is 2.45. The molecule has 0 spiro atoms. The Balaban J connectivity index is 1.46. The van der Waals surface area contributed by atoms with Gasteiger partial charge in [-0.1, -0.05) is 50.1 Å². The van der Waals surface area contributed by atoms with Crippen LogP contribution in [0.4, 0.5) is 5.82 Å². The van der Waals surface area contributed by atoms with E-state index in [1.54, 1.807) is 17.7 Å². The van der Waals surface area contributed by atoms with Crippen LogP contribution in [0.1, 0.15) is 32.6 Å². The predicted molar refractivity (Wildman–Crippen MR) is 111 cm³/mol. The third-order valence-electron chi connectivity index (χ3n) is 5.26. The van der Waals surface area contributed by atoms with Gasteiger partial charge in [-0.2, -0.15) is 0 Å². The average Bonchev–Trinajstić information content (AvgIpc) is 3.14. The Hall–Kier alpha value is -2.47. The Morgan fingerprint density at radius 3 is 2.81 bits per heavy atom. The standard InChI is InChI=1S/C21H24N4OS/c1-14-7-5-6-10-17(14)25-19(26)12-22-20-16-11-18(15-8-3-2-4-9-15)27-21(16)24-13-23-20/h2-4,8-9,11,13-14,17H,5-7,10,12H2,1H3,(H,25,26)(H,22,23,24). The molecular weight excluding hydrogens is 356 g/mol. The van der Waals surface area contributed by atoms with Crippen LogP contribution in [-0.2, 0) is 4.79 Å². The van der Waals surface area contributed by atoms with E-state index in [-0.39, 0.29) is 12.5 Å². The molecule has 1 aliphatic carbocycles. The van der Waals surface area contributed by atoms with E-state index in [9.17, 15) is 4.79 Å². The van der Waals surface area contributed by atoms with E-state index in [0.29, 0.717) is 17.8 Å². The minimum Gasteiger partial charge on any atom is -0.360 e. The van der Waals surface area contributed by atoms with Crippen molar-refractivity contribution in [2.45, 2.75) is 38.6 Å². The number of hydrogen-bond acceptors (Lipinski definition) is 5. The molecule has 0 saturated heterocycles. The molecule has 2 aromatic heterocycles. The molecule has 2 N–H and O–H groups in total. The van der Waals surface area contributed by atoms with E-state index in [4.69, 9.17) is 0 Å². The molecule has 0 radical (unpaired) electrons. The third-order valence-corrected chi connectivity index (χ3v) is 6.35. The fourth-order valence-corrected chi connectivity index (χ4v) is 4.70. The van der Waals surface area contributed by atoms with Gasteiger partial charge >= 0.3 is 0 Å². The number of thiophene rings is 1. The summed E-state index contributed by atoms with van der Waals surface area (Å²) < 4.78 is 0. The van der Waals surface area contributed by atoms with Crippen molar-refractivity contribution < 1.29 is 4.79 Å². The van der Waals surface area contributed by atoms with Crippen LogP contribution in [0.25, 0.3) is 20.7 Å². The van der Waals surface area contributed by atoms with Crippen LogP contribution in [0.2, 0.25) is 0 Å². The summed E-state index contributed by atoms with van der Waals surface area (Å²) in [5.74, 6) is 1.29. The number of nitrogens with zero attached hydrogens (tertiary/aromatic N) is 2. The first-order chi connectivity index (χ1) is 13.2. The quantitative estimate of drug-likeness (QED) is 0.685. The SMILES string of the molecule is CC1CCCCC1NC(=O)CNc1ncnc2sc(-c3ccccc3)cc12. The lowest BCUT2D eigenvalue weighted by atomic mass is 9.86. The van der Waals surface area contributed by atoms with Gasteiger partial charge in [0.05, 0.1) is 11.9 Å². The summed E-state index contributed by atoms with van der Waals surface area (Å²) in [7, 11) is 0. The highest BCUT2D eigenvalue weighted by molar-refractivity contribution is 7.21. The van der Waals surface area contributed by atoms with Crippen LogP contribution < -0.4 is 10.6 Å². The summed E-state index contributed by atoms with van der Waals surface area (Å²) in [6.07, 6.45) is 6.30. The van der Waals surface area contributed by atoms with Gasteiger partial charge in [0.25, 0.3) is 0 Å². The van der Waals surface area contributed by atoms with Gasteiger partial charge in [-0.3, -0.25) is 4.79 Å². The fraction of sp³-hybridized carbons (Fsp3) is 0.381. The second-order valence-electron chi connectivity index (χ2n) is 7.21. The molecule has 27 heavy (non-hydrogen) atoms. The molecule has 1 aromatic carbocycles. The van der Waals surface area contributed by atoms with Crippen LogP contribution in [0.3, 0.4) is 0 Å². The summed E-state index contributed by atoms with van der Waals surface area (Å²) >= 11 is 1.64. The van der Waals surface area contributed by atoms with Gasteiger partial charge in [-0.05, 0) is 30.4 Å². The monoisotopic (exact) mass is 380 g/mol. The second-order valence-corrected chi connectivity index (χ2v) is 8.24. The van der Waals surface area contributed by atoms with Crippen LogP contribution in [0.15, 0.2) is 42.7 Å². The third kappa shape index (κ3) is 4.11. The first-order valence-electron chi connectivity index (χ1n) is 9.54. The lowest BCUT2D eigenvalue weighted by Crippen LogP contribution is -2.43. The van der Waals surface area contributed by atoms with Gasteiger partial charge in [0.15, 0.2) is 0 Å². The molecule has 1 saturated carbocycles. The van der Waals surface area contributed by atoms with E-state index in [1.807, 2.05) is 18.2 Å². The lowest BCUT2D eigenvalue weighted by Gasteiger charge is -2.29. The zero-order valence-corrected chi connectivity index (χ0v) is 16.3. The maximum Gasteiger partial charge on any atom is 0.239 e. The fourth-order valence-electron chi connectivity index (χ4n) is 3.69. The van der Waals surface area contributed by atoms with Gasteiger partial charge in [0, 0.05) is 10.9 Å². The molecular formula is C21H24N4OS. The number of carbonyl (C=O) groups is 1. The molecule has 1 amide bonds. The second kappa shape index (κ2) is 8.05. The van der Waals surface area contributed by atoms with Crippen molar-refractivity contribution in [1.29, 1.82) is 0 Å².